The fourth-order valence-corrected chi connectivity index (χ4v) is 4.07. The number of hydrogen-bond acceptors (Lipinski definition) is 5. The molecule has 0 aromatic heterocycles. The van der Waals surface area contributed by atoms with Gasteiger partial charge in [0.2, 0.25) is 0 Å². The number of nitrogens with one attached hydrogen (secondary N) is 1. The Morgan fingerprint density at radius 3 is 2.57 bits per heavy atom. The lowest BCUT2D eigenvalue weighted by Gasteiger charge is -2.27. The van der Waals surface area contributed by atoms with Gasteiger partial charge in [0, 0.05) is 5.56 Å². The molecule has 3 aromatic rings. The van der Waals surface area contributed by atoms with Crippen molar-refractivity contribution in [2.24, 2.45) is 0 Å². The number of methoxy groups -OCH3 is 1. The summed E-state index contributed by atoms with van der Waals surface area (Å²) in [5.41, 5.74) is 1.64. The number of imide groups is 2. The predicted molar refractivity (Wildman–Crippen MR) is 138 cm³/mol. The minimum absolute atomic E-state index is 0.0918. The molecule has 1 aliphatic rings. The number of barbiturate groups is 1. The van der Waals surface area contributed by atoms with E-state index < -0.39 is 17.8 Å². The van der Waals surface area contributed by atoms with E-state index in [1.807, 2.05) is 0 Å². The first-order valence-corrected chi connectivity index (χ1v) is 11.5. The number of nitrogens with zero attached hydrogens (tertiary/aromatic N) is 1. The summed E-state index contributed by atoms with van der Waals surface area (Å²) in [6.45, 7) is 3.87. The Bertz CT molecular complexity index is 1440. The first-order valence-electron chi connectivity index (χ1n) is 11.2. The zero-order valence-electron chi connectivity index (χ0n) is 19.8. The summed E-state index contributed by atoms with van der Waals surface area (Å²) in [5, 5.41) is 2.35. The van der Waals surface area contributed by atoms with Gasteiger partial charge in [-0.1, -0.05) is 41.9 Å². The van der Waals surface area contributed by atoms with Gasteiger partial charge in [-0.3, -0.25) is 14.9 Å². The van der Waals surface area contributed by atoms with Crippen LogP contribution < -0.4 is 19.7 Å². The van der Waals surface area contributed by atoms with E-state index in [4.69, 9.17) is 21.1 Å². The lowest BCUT2D eigenvalue weighted by atomic mass is 10.0. The van der Waals surface area contributed by atoms with Crippen molar-refractivity contribution in [3.8, 4) is 11.5 Å². The average molecular weight is 521 g/mol. The van der Waals surface area contributed by atoms with E-state index in [1.54, 1.807) is 42.5 Å². The third kappa shape index (κ3) is 5.54. The fourth-order valence-electron chi connectivity index (χ4n) is 3.85. The highest BCUT2D eigenvalue weighted by Gasteiger charge is 2.37. The lowest BCUT2D eigenvalue weighted by molar-refractivity contribution is -0.122. The molecule has 1 fully saturated rings. The summed E-state index contributed by atoms with van der Waals surface area (Å²) < 4.78 is 25.1. The molecule has 3 aromatic carbocycles. The maximum atomic E-state index is 13.6. The molecular formula is C28H22ClFN2O5. The van der Waals surface area contributed by atoms with E-state index in [2.05, 4.69) is 11.9 Å². The minimum Gasteiger partial charge on any atom is -0.493 e. The number of urea groups is 1. The maximum Gasteiger partial charge on any atom is 0.335 e. The Labute approximate surface area is 217 Å². The smallest absolute Gasteiger partial charge is 0.335 e. The van der Waals surface area contributed by atoms with Crippen LogP contribution in [0.5, 0.6) is 11.5 Å². The van der Waals surface area contributed by atoms with Gasteiger partial charge >= 0.3 is 6.03 Å². The molecule has 4 amide bonds. The quantitative estimate of drug-likeness (QED) is 0.242. The van der Waals surface area contributed by atoms with Crippen molar-refractivity contribution in [3.05, 3.63) is 106 Å². The zero-order chi connectivity index (χ0) is 26.5. The predicted octanol–water partition coefficient (Wildman–Crippen LogP) is 5.46. The van der Waals surface area contributed by atoms with Gasteiger partial charge in [0.05, 0.1) is 17.8 Å². The van der Waals surface area contributed by atoms with Crippen molar-refractivity contribution in [3.63, 3.8) is 0 Å². The number of carbonyl (C=O) groups excluding carboxylic acids is 3. The van der Waals surface area contributed by atoms with E-state index in [1.165, 1.54) is 37.5 Å². The van der Waals surface area contributed by atoms with E-state index in [0.29, 0.717) is 34.6 Å². The van der Waals surface area contributed by atoms with Gasteiger partial charge in [0.1, 0.15) is 18.0 Å². The number of ether oxygens (including phenoxy) is 2. The summed E-state index contributed by atoms with van der Waals surface area (Å²) in [7, 11) is 1.45. The van der Waals surface area contributed by atoms with E-state index in [-0.39, 0.29) is 28.7 Å². The molecular weight excluding hydrogens is 499 g/mol. The molecule has 0 saturated carbocycles. The van der Waals surface area contributed by atoms with Crippen molar-refractivity contribution in [1.82, 2.24) is 5.32 Å². The lowest BCUT2D eigenvalue weighted by Crippen LogP contribution is -2.54. The maximum absolute atomic E-state index is 13.6. The summed E-state index contributed by atoms with van der Waals surface area (Å²) in [6, 6.07) is 14.8. The average Bonchev–Trinajstić information content (AvgIpc) is 2.87. The van der Waals surface area contributed by atoms with E-state index in [9.17, 15) is 18.8 Å². The Hall–Kier alpha value is -4.43. The van der Waals surface area contributed by atoms with Gasteiger partial charge in [-0.05, 0) is 60.0 Å². The third-order valence-electron chi connectivity index (χ3n) is 5.52. The van der Waals surface area contributed by atoms with Crippen molar-refractivity contribution in [2.45, 2.75) is 13.0 Å². The van der Waals surface area contributed by atoms with Gasteiger partial charge in [-0.25, -0.2) is 14.1 Å². The summed E-state index contributed by atoms with van der Waals surface area (Å²) in [5.74, 6) is -1.28. The second kappa shape index (κ2) is 11.1. The largest absolute Gasteiger partial charge is 0.493 e. The van der Waals surface area contributed by atoms with E-state index in [0.717, 1.165) is 4.90 Å². The minimum atomic E-state index is -0.897. The number of rotatable bonds is 8. The molecule has 0 unspecified atom stereocenters. The standard InChI is InChI=1S/C28H22ClFN2O5/c1-3-7-19-12-18(15-24(36-2)25(19)37-16-17-8-6-9-20(30)13-17)14-21-26(33)31-28(35)32(27(21)34)23-11-5-4-10-22(23)29/h3-6,8-15H,1,7,16H2,2H3,(H,31,33,35)/b21-14+. The first-order chi connectivity index (χ1) is 17.8. The summed E-state index contributed by atoms with van der Waals surface area (Å²) in [6.07, 6.45) is 3.41. The topological polar surface area (TPSA) is 84.9 Å². The molecule has 0 bridgehead atoms. The molecule has 9 heteroatoms. The molecule has 7 nitrogen and oxygen atoms in total. The van der Waals surface area contributed by atoms with Crippen molar-refractivity contribution in [2.75, 3.05) is 12.0 Å². The molecule has 188 valence electrons. The number of hydrogen-bond donors (Lipinski definition) is 1. The van der Waals surface area contributed by atoms with Crippen LogP contribution in [0, 0.1) is 5.82 Å². The first kappa shape index (κ1) is 25.7. The Balaban J connectivity index is 1.71. The molecule has 0 atom stereocenters. The van der Waals surface area contributed by atoms with Gasteiger partial charge < -0.3 is 9.47 Å². The Morgan fingerprint density at radius 1 is 1.08 bits per heavy atom. The van der Waals surface area contributed by atoms with Crippen LogP contribution in [-0.2, 0) is 22.6 Å². The van der Waals surface area contributed by atoms with Crippen LogP contribution in [0.25, 0.3) is 6.08 Å². The molecule has 37 heavy (non-hydrogen) atoms. The Kier molecular flexibility index (Phi) is 7.69. The highest BCUT2D eigenvalue weighted by Crippen LogP contribution is 2.36. The molecule has 1 aliphatic heterocycles. The third-order valence-corrected chi connectivity index (χ3v) is 5.84. The number of anilines is 1. The number of para-hydroxylation sites is 1. The fraction of sp³-hybridized carbons (Fsp3) is 0.107. The van der Waals surface area contributed by atoms with Gasteiger partial charge in [-0.15, -0.1) is 6.58 Å². The SMILES string of the molecule is C=CCc1cc(/C=C2\C(=O)NC(=O)N(c3ccccc3Cl)C2=O)cc(OC)c1OCc1cccc(F)c1. The summed E-state index contributed by atoms with van der Waals surface area (Å²) in [4.78, 5) is 39.1. The Morgan fingerprint density at radius 2 is 1.86 bits per heavy atom. The second-order valence-corrected chi connectivity index (χ2v) is 8.44. The summed E-state index contributed by atoms with van der Waals surface area (Å²) >= 11 is 6.19. The van der Waals surface area contributed by atoms with Crippen LogP contribution in [0.3, 0.4) is 0 Å². The van der Waals surface area contributed by atoms with Crippen LogP contribution in [-0.4, -0.2) is 25.0 Å². The van der Waals surface area contributed by atoms with Crippen LogP contribution >= 0.6 is 11.6 Å². The molecule has 4 rings (SSSR count). The van der Waals surface area contributed by atoms with Crippen LogP contribution in [0.4, 0.5) is 14.9 Å². The zero-order valence-corrected chi connectivity index (χ0v) is 20.5. The van der Waals surface area contributed by atoms with Crippen LogP contribution in [0.15, 0.2) is 78.9 Å². The number of benzene rings is 3. The monoisotopic (exact) mass is 520 g/mol. The van der Waals surface area contributed by atoms with Crippen LogP contribution in [0.1, 0.15) is 16.7 Å². The number of amides is 4. The van der Waals surface area contributed by atoms with E-state index >= 15 is 0 Å². The molecule has 0 radical (unpaired) electrons. The molecule has 1 heterocycles. The number of carbonyl (C=O) groups is 3. The highest BCUT2D eigenvalue weighted by molar-refractivity contribution is 6.42. The molecule has 1 saturated heterocycles. The number of halogens is 2. The normalized spacial score (nSPS) is 14.5. The van der Waals surface area contributed by atoms with Crippen molar-refractivity contribution in [1.29, 1.82) is 0 Å². The van der Waals surface area contributed by atoms with Gasteiger partial charge in [0.15, 0.2) is 11.5 Å². The molecule has 0 spiro atoms. The number of allylic oxidation sites excluding steroid dienone is 1. The molecule has 0 aliphatic carbocycles. The van der Waals surface area contributed by atoms with Gasteiger partial charge in [-0.2, -0.15) is 0 Å². The highest BCUT2D eigenvalue weighted by atomic mass is 35.5. The second-order valence-electron chi connectivity index (χ2n) is 8.03. The van der Waals surface area contributed by atoms with Crippen molar-refractivity contribution < 1.29 is 28.2 Å². The van der Waals surface area contributed by atoms with Gasteiger partial charge in [0.25, 0.3) is 11.8 Å². The van der Waals surface area contributed by atoms with Crippen molar-refractivity contribution >= 4 is 41.2 Å². The molecule has 1 N–H and O–H groups in total. The van der Waals surface area contributed by atoms with Crippen LogP contribution in [0.2, 0.25) is 5.02 Å².